The average Bonchev–Trinajstić information content (AvgIpc) is 2.88. The van der Waals surface area contributed by atoms with Gasteiger partial charge in [0.1, 0.15) is 0 Å². The molecule has 0 saturated heterocycles. The van der Waals surface area contributed by atoms with Crippen LogP contribution in [-0.4, -0.2) is 28.9 Å². The highest BCUT2D eigenvalue weighted by Gasteiger charge is 2.11. The molecule has 1 aromatic carbocycles. The number of phenolic OH excluding ortho intramolecular Hbond substituents is 1. The molecule has 0 aliphatic heterocycles. The van der Waals surface area contributed by atoms with Gasteiger partial charge in [0.2, 0.25) is 11.7 Å². The molecule has 19 heavy (non-hydrogen) atoms. The van der Waals surface area contributed by atoms with Crippen LogP contribution in [-0.2, 0) is 6.42 Å². The van der Waals surface area contributed by atoms with E-state index in [0.29, 0.717) is 24.0 Å². The summed E-state index contributed by atoms with van der Waals surface area (Å²) in [7, 11) is 1.49. The third-order valence-corrected chi connectivity index (χ3v) is 2.75. The lowest BCUT2D eigenvalue weighted by Gasteiger charge is -2.03. The van der Waals surface area contributed by atoms with Crippen molar-refractivity contribution in [3.05, 3.63) is 24.1 Å². The van der Waals surface area contributed by atoms with Gasteiger partial charge in [0.05, 0.1) is 7.11 Å². The highest BCUT2D eigenvalue weighted by atomic mass is 16.5. The summed E-state index contributed by atoms with van der Waals surface area (Å²) in [6, 6.07) is 4.93. The molecule has 6 heteroatoms. The fourth-order valence-electron chi connectivity index (χ4n) is 1.71. The van der Waals surface area contributed by atoms with Crippen LogP contribution in [0.4, 0.5) is 0 Å². The number of rotatable bonds is 6. The number of unbranched alkanes of at least 4 members (excludes halogenated alkanes) is 1. The lowest BCUT2D eigenvalue weighted by molar-refractivity contribution is 0.372. The number of aromatic nitrogens is 2. The van der Waals surface area contributed by atoms with E-state index < -0.39 is 0 Å². The molecule has 3 N–H and O–H groups in total. The van der Waals surface area contributed by atoms with E-state index in [1.54, 1.807) is 18.2 Å². The van der Waals surface area contributed by atoms with Gasteiger partial charge in [-0.2, -0.15) is 4.98 Å². The summed E-state index contributed by atoms with van der Waals surface area (Å²) < 4.78 is 10.2. The topological polar surface area (TPSA) is 94.4 Å². The number of nitrogens with zero attached hydrogens (tertiary/aromatic N) is 2. The standard InChI is InChI=1S/C13H17N3O3/c1-18-11-8-9(5-6-10(11)17)13-15-12(19-16-13)4-2-3-7-14/h5-6,8,17H,2-4,7,14H2,1H3. The van der Waals surface area contributed by atoms with Crippen LogP contribution in [0.25, 0.3) is 11.4 Å². The smallest absolute Gasteiger partial charge is 0.226 e. The van der Waals surface area contributed by atoms with Crippen molar-refractivity contribution >= 4 is 0 Å². The lowest BCUT2D eigenvalue weighted by atomic mass is 10.2. The summed E-state index contributed by atoms with van der Waals surface area (Å²) in [4.78, 5) is 4.30. The van der Waals surface area contributed by atoms with E-state index >= 15 is 0 Å². The Morgan fingerprint density at radius 2 is 2.21 bits per heavy atom. The third kappa shape index (κ3) is 3.23. The van der Waals surface area contributed by atoms with E-state index in [1.807, 2.05) is 0 Å². The van der Waals surface area contributed by atoms with Gasteiger partial charge < -0.3 is 20.1 Å². The number of hydrogen-bond donors (Lipinski definition) is 2. The summed E-state index contributed by atoms with van der Waals surface area (Å²) in [5.41, 5.74) is 6.17. The molecule has 1 aromatic heterocycles. The minimum Gasteiger partial charge on any atom is -0.504 e. The molecule has 0 bridgehead atoms. The predicted octanol–water partition coefficient (Wildman–Crippen LogP) is 1.73. The van der Waals surface area contributed by atoms with E-state index in [1.165, 1.54) is 7.11 Å². The Bertz CT molecular complexity index is 540. The van der Waals surface area contributed by atoms with Gasteiger partial charge in [-0.25, -0.2) is 0 Å². The Balaban J connectivity index is 2.13. The van der Waals surface area contributed by atoms with Crippen LogP contribution in [0, 0.1) is 0 Å². The number of nitrogens with two attached hydrogens (primary N) is 1. The monoisotopic (exact) mass is 263 g/mol. The zero-order valence-electron chi connectivity index (χ0n) is 10.8. The van der Waals surface area contributed by atoms with Gasteiger partial charge in [-0.15, -0.1) is 0 Å². The number of phenols is 1. The van der Waals surface area contributed by atoms with E-state index in [9.17, 15) is 5.11 Å². The minimum atomic E-state index is 0.0814. The maximum atomic E-state index is 9.53. The molecule has 1 heterocycles. The molecule has 0 spiro atoms. The SMILES string of the molecule is COc1cc(-c2noc(CCCCN)n2)ccc1O. The summed E-state index contributed by atoms with van der Waals surface area (Å²) in [6.45, 7) is 0.663. The number of benzene rings is 1. The Morgan fingerprint density at radius 3 is 2.95 bits per heavy atom. The highest BCUT2D eigenvalue weighted by Crippen LogP contribution is 2.30. The second kappa shape index (κ2) is 6.19. The quantitative estimate of drug-likeness (QED) is 0.771. The highest BCUT2D eigenvalue weighted by molar-refractivity contribution is 5.60. The Morgan fingerprint density at radius 1 is 1.37 bits per heavy atom. The minimum absolute atomic E-state index is 0.0814. The molecule has 0 aliphatic carbocycles. The van der Waals surface area contributed by atoms with Crippen molar-refractivity contribution in [2.75, 3.05) is 13.7 Å². The first-order valence-corrected chi connectivity index (χ1v) is 6.14. The summed E-state index contributed by atoms with van der Waals surface area (Å²) in [6.07, 6.45) is 2.58. The fraction of sp³-hybridized carbons (Fsp3) is 0.385. The molecular weight excluding hydrogens is 246 g/mol. The van der Waals surface area contributed by atoms with E-state index in [4.69, 9.17) is 15.0 Å². The van der Waals surface area contributed by atoms with Gasteiger partial charge in [0.25, 0.3) is 0 Å². The van der Waals surface area contributed by atoms with Crippen molar-refractivity contribution in [1.29, 1.82) is 0 Å². The van der Waals surface area contributed by atoms with Crippen LogP contribution < -0.4 is 10.5 Å². The number of aromatic hydroxyl groups is 1. The fourth-order valence-corrected chi connectivity index (χ4v) is 1.71. The molecule has 0 radical (unpaired) electrons. The molecule has 0 amide bonds. The largest absolute Gasteiger partial charge is 0.504 e. The summed E-state index contributed by atoms with van der Waals surface area (Å²) >= 11 is 0. The zero-order chi connectivity index (χ0) is 13.7. The average molecular weight is 263 g/mol. The molecule has 0 aliphatic rings. The molecular formula is C13H17N3O3. The van der Waals surface area contributed by atoms with Gasteiger partial charge in [0, 0.05) is 12.0 Å². The van der Waals surface area contributed by atoms with Crippen LogP contribution in [0.5, 0.6) is 11.5 Å². The van der Waals surface area contributed by atoms with Crippen LogP contribution in [0.1, 0.15) is 18.7 Å². The van der Waals surface area contributed by atoms with Gasteiger partial charge in [0.15, 0.2) is 11.5 Å². The molecule has 0 saturated carbocycles. The van der Waals surface area contributed by atoms with Crippen molar-refractivity contribution in [2.24, 2.45) is 5.73 Å². The number of aryl methyl sites for hydroxylation is 1. The Labute approximate surface area is 111 Å². The number of hydrogen-bond acceptors (Lipinski definition) is 6. The van der Waals surface area contributed by atoms with Crippen LogP contribution in [0.2, 0.25) is 0 Å². The molecule has 102 valence electrons. The molecule has 2 rings (SSSR count). The summed E-state index contributed by atoms with van der Waals surface area (Å²) in [5.74, 6) is 1.54. The van der Waals surface area contributed by atoms with Crippen LogP contribution in [0.15, 0.2) is 22.7 Å². The maximum absolute atomic E-state index is 9.53. The Kier molecular flexibility index (Phi) is 4.35. The van der Waals surface area contributed by atoms with Crippen molar-refractivity contribution in [1.82, 2.24) is 10.1 Å². The maximum Gasteiger partial charge on any atom is 0.226 e. The number of methoxy groups -OCH3 is 1. The van der Waals surface area contributed by atoms with Gasteiger partial charge >= 0.3 is 0 Å². The van der Waals surface area contributed by atoms with Crippen molar-refractivity contribution < 1.29 is 14.4 Å². The van der Waals surface area contributed by atoms with Crippen molar-refractivity contribution in [3.63, 3.8) is 0 Å². The lowest BCUT2D eigenvalue weighted by Crippen LogP contribution is -1.99. The van der Waals surface area contributed by atoms with Crippen molar-refractivity contribution in [3.8, 4) is 22.9 Å². The second-order valence-electron chi connectivity index (χ2n) is 4.14. The van der Waals surface area contributed by atoms with Crippen molar-refractivity contribution in [2.45, 2.75) is 19.3 Å². The van der Waals surface area contributed by atoms with Crippen LogP contribution in [0.3, 0.4) is 0 Å². The normalized spacial score (nSPS) is 10.6. The predicted molar refractivity (Wildman–Crippen MR) is 69.9 cm³/mol. The van der Waals surface area contributed by atoms with E-state index in [-0.39, 0.29) is 5.75 Å². The molecule has 0 fully saturated rings. The van der Waals surface area contributed by atoms with Gasteiger partial charge in [-0.1, -0.05) is 5.16 Å². The van der Waals surface area contributed by atoms with Crippen LogP contribution >= 0.6 is 0 Å². The van der Waals surface area contributed by atoms with E-state index in [0.717, 1.165) is 24.8 Å². The molecule has 0 unspecified atom stereocenters. The van der Waals surface area contributed by atoms with Gasteiger partial charge in [-0.05, 0) is 37.6 Å². The third-order valence-electron chi connectivity index (χ3n) is 2.75. The number of ether oxygens (including phenoxy) is 1. The van der Waals surface area contributed by atoms with Gasteiger partial charge in [-0.3, -0.25) is 0 Å². The first-order chi connectivity index (χ1) is 9.24. The second-order valence-corrected chi connectivity index (χ2v) is 4.14. The zero-order valence-corrected chi connectivity index (χ0v) is 10.8. The summed E-state index contributed by atoms with van der Waals surface area (Å²) in [5, 5.41) is 13.4. The van der Waals surface area contributed by atoms with E-state index in [2.05, 4.69) is 10.1 Å². The molecule has 0 atom stereocenters. The molecule has 6 nitrogen and oxygen atoms in total. The first-order valence-electron chi connectivity index (χ1n) is 6.14. The molecule has 2 aromatic rings. The Hall–Kier alpha value is -2.08. The first kappa shape index (κ1) is 13.4.